The maximum atomic E-state index is 11.5. The SMILES string of the molecule is CC(C)(N)CNC(=O)CCOc1ccc(Cl)cc1. The quantitative estimate of drug-likeness (QED) is 0.831. The first-order valence-corrected chi connectivity index (χ1v) is 6.18. The van der Waals surface area contributed by atoms with E-state index in [1.54, 1.807) is 24.3 Å². The van der Waals surface area contributed by atoms with Crippen molar-refractivity contribution in [1.29, 1.82) is 0 Å². The molecule has 3 N–H and O–H groups in total. The van der Waals surface area contributed by atoms with Crippen LogP contribution in [0.5, 0.6) is 5.75 Å². The fourth-order valence-corrected chi connectivity index (χ4v) is 1.33. The van der Waals surface area contributed by atoms with Crippen molar-refractivity contribution >= 4 is 17.5 Å². The fraction of sp³-hybridized carbons (Fsp3) is 0.462. The molecule has 0 aliphatic rings. The zero-order chi connectivity index (χ0) is 13.6. The Labute approximate surface area is 112 Å². The summed E-state index contributed by atoms with van der Waals surface area (Å²) in [7, 11) is 0. The summed E-state index contributed by atoms with van der Waals surface area (Å²) in [5.74, 6) is 0.633. The highest BCUT2D eigenvalue weighted by atomic mass is 35.5. The zero-order valence-corrected chi connectivity index (χ0v) is 11.5. The normalized spacial score (nSPS) is 11.1. The highest BCUT2D eigenvalue weighted by molar-refractivity contribution is 6.30. The average Bonchev–Trinajstić information content (AvgIpc) is 2.28. The maximum absolute atomic E-state index is 11.5. The third-order valence-electron chi connectivity index (χ3n) is 2.15. The lowest BCUT2D eigenvalue weighted by Gasteiger charge is -2.18. The van der Waals surface area contributed by atoms with Crippen LogP contribution in [0, 0.1) is 0 Å². The maximum Gasteiger partial charge on any atom is 0.223 e. The molecule has 4 nitrogen and oxygen atoms in total. The summed E-state index contributed by atoms with van der Waals surface area (Å²) in [5.41, 5.74) is 5.36. The van der Waals surface area contributed by atoms with Gasteiger partial charge in [0, 0.05) is 17.1 Å². The number of carbonyl (C=O) groups is 1. The van der Waals surface area contributed by atoms with Gasteiger partial charge in [-0.3, -0.25) is 4.79 Å². The highest BCUT2D eigenvalue weighted by Gasteiger charge is 2.11. The van der Waals surface area contributed by atoms with Gasteiger partial charge in [-0.15, -0.1) is 0 Å². The molecular weight excluding hydrogens is 252 g/mol. The predicted octanol–water partition coefficient (Wildman–Crippen LogP) is 1.96. The van der Waals surface area contributed by atoms with Crippen LogP contribution in [-0.2, 0) is 4.79 Å². The monoisotopic (exact) mass is 270 g/mol. The van der Waals surface area contributed by atoms with E-state index in [0.717, 1.165) is 0 Å². The van der Waals surface area contributed by atoms with E-state index >= 15 is 0 Å². The van der Waals surface area contributed by atoms with Crippen molar-refractivity contribution in [3.8, 4) is 5.75 Å². The van der Waals surface area contributed by atoms with Gasteiger partial charge in [-0.05, 0) is 38.1 Å². The number of benzene rings is 1. The minimum Gasteiger partial charge on any atom is -0.493 e. The van der Waals surface area contributed by atoms with E-state index < -0.39 is 5.54 Å². The van der Waals surface area contributed by atoms with Crippen molar-refractivity contribution in [3.05, 3.63) is 29.3 Å². The molecule has 0 atom stereocenters. The number of carbonyl (C=O) groups excluding carboxylic acids is 1. The van der Waals surface area contributed by atoms with E-state index in [9.17, 15) is 4.79 Å². The van der Waals surface area contributed by atoms with Gasteiger partial charge in [0.1, 0.15) is 5.75 Å². The summed E-state index contributed by atoms with van der Waals surface area (Å²) >= 11 is 5.75. The third kappa shape index (κ3) is 6.47. The Morgan fingerprint density at radius 3 is 2.56 bits per heavy atom. The van der Waals surface area contributed by atoms with Crippen LogP contribution in [0.4, 0.5) is 0 Å². The molecule has 1 aromatic carbocycles. The van der Waals surface area contributed by atoms with Crippen molar-refractivity contribution < 1.29 is 9.53 Å². The number of nitrogens with two attached hydrogens (primary N) is 1. The van der Waals surface area contributed by atoms with E-state index in [4.69, 9.17) is 22.1 Å². The second kappa shape index (κ2) is 6.61. The zero-order valence-electron chi connectivity index (χ0n) is 10.7. The van der Waals surface area contributed by atoms with Crippen molar-refractivity contribution in [3.63, 3.8) is 0 Å². The van der Waals surface area contributed by atoms with Gasteiger partial charge in [0.2, 0.25) is 5.91 Å². The summed E-state index contributed by atoms with van der Waals surface area (Å²) in [6.45, 7) is 4.50. The van der Waals surface area contributed by atoms with E-state index in [1.165, 1.54) is 0 Å². The van der Waals surface area contributed by atoms with Crippen molar-refractivity contribution in [1.82, 2.24) is 5.32 Å². The van der Waals surface area contributed by atoms with Crippen molar-refractivity contribution in [2.24, 2.45) is 5.73 Å². The minimum atomic E-state index is -0.396. The molecule has 1 aromatic rings. The Morgan fingerprint density at radius 1 is 1.39 bits per heavy atom. The van der Waals surface area contributed by atoms with Gasteiger partial charge in [0.15, 0.2) is 0 Å². The number of amides is 1. The minimum absolute atomic E-state index is 0.0671. The molecular formula is C13H19ClN2O2. The molecule has 0 fully saturated rings. The second-order valence-electron chi connectivity index (χ2n) is 4.82. The predicted molar refractivity (Wildman–Crippen MR) is 72.8 cm³/mol. The van der Waals surface area contributed by atoms with Crippen LogP contribution in [0.25, 0.3) is 0 Å². The molecule has 1 rings (SSSR count). The molecule has 0 aliphatic heterocycles. The Hall–Kier alpha value is -1.26. The number of halogens is 1. The van der Waals surface area contributed by atoms with Crippen molar-refractivity contribution in [2.75, 3.05) is 13.2 Å². The van der Waals surface area contributed by atoms with Crippen LogP contribution in [0.1, 0.15) is 20.3 Å². The molecule has 0 radical (unpaired) electrons. The van der Waals surface area contributed by atoms with E-state index in [-0.39, 0.29) is 5.91 Å². The second-order valence-corrected chi connectivity index (χ2v) is 5.25. The van der Waals surface area contributed by atoms with Gasteiger partial charge in [0.05, 0.1) is 13.0 Å². The Balaban J connectivity index is 2.21. The number of ether oxygens (including phenoxy) is 1. The molecule has 0 spiro atoms. The first-order chi connectivity index (χ1) is 8.37. The first kappa shape index (κ1) is 14.8. The summed E-state index contributed by atoms with van der Waals surface area (Å²) in [6, 6.07) is 7.02. The fourth-order valence-electron chi connectivity index (χ4n) is 1.21. The lowest BCUT2D eigenvalue weighted by atomic mass is 10.1. The number of rotatable bonds is 6. The summed E-state index contributed by atoms with van der Waals surface area (Å²) in [6.07, 6.45) is 0.304. The molecule has 0 saturated heterocycles. The van der Waals surface area contributed by atoms with Crippen molar-refractivity contribution in [2.45, 2.75) is 25.8 Å². The summed E-state index contributed by atoms with van der Waals surface area (Å²) in [5, 5.41) is 3.41. The lowest BCUT2D eigenvalue weighted by molar-refractivity contribution is -0.121. The Morgan fingerprint density at radius 2 is 2.00 bits per heavy atom. The van der Waals surface area contributed by atoms with Crippen LogP contribution in [0.2, 0.25) is 5.02 Å². The lowest BCUT2D eigenvalue weighted by Crippen LogP contribution is -2.45. The molecule has 0 bridgehead atoms. The number of hydrogen-bond donors (Lipinski definition) is 2. The van der Waals surface area contributed by atoms with Gasteiger partial charge >= 0.3 is 0 Å². The van der Waals surface area contributed by atoms with Gasteiger partial charge in [0.25, 0.3) is 0 Å². The molecule has 100 valence electrons. The molecule has 0 saturated carbocycles. The van der Waals surface area contributed by atoms with Crippen LogP contribution in [-0.4, -0.2) is 24.6 Å². The summed E-state index contributed by atoms with van der Waals surface area (Å²) < 4.78 is 5.41. The molecule has 0 unspecified atom stereocenters. The molecule has 5 heteroatoms. The smallest absolute Gasteiger partial charge is 0.223 e. The standard InChI is InChI=1S/C13H19ClN2O2/c1-13(2,15)9-16-12(17)7-8-18-11-5-3-10(14)4-6-11/h3-6H,7-9,15H2,1-2H3,(H,16,17). The Bertz CT molecular complexity index is 385. The van der Waals surface area contributed by atoms with Gasteiger partial charge in [-0.25, -0.2) is 0 Å². The van der Waals surface area contributed by atoms with Crippen LogP contribution in [0.3, 0.4) is 0 Å². The number of nitrogens with one attached hydrogen (secondary N) is 1. The molecule has 0 aliphatic carbocycles. The molecule has 18 heavy (non-hydrogen) atoms. The van der Waals surface area contributed by atoms with E-state index in [2.05, 4.69) is 5.32 Å². The molecule has 0 heterocycles. The van der Waals surface area contributed by atoms with E-state index in [0.29, 0.717) is 30.3 Å². The topological polar surface area (TPSA) is 64.3 Å². The first-order valence-electron chi connectivity index (χ1n) is 5.81. The average molecular weight is 271 g/mol. The summed E-state index contributed by atoms with van der Waals surface area (Å²) in [4.78, 5) is 11.5. The largest absolute Gasteiger partial charge is 0.493 e. The van der Waals surface area contributed by atoms with E-state index in [1.807, 2.05) is 13.8 Å². The van der Waals surface area contributed by atoms with Gasteiger partial charge in [-0.1, -0.05) is 11.6 Å². The van der Waals surface area contributed by atoms with Gasteiger partial charge in [-0.2, -0.15) is 0 Å². The van der Waals surface area contributed by atoms with Crippen LogP contribution < -0.4 is 15.8 Å². The molecule has 0 aromatic heterocycles. The Kier molecular flexibility index (Phi) is 5.44. The number of hydrogen-bond acceptors (Lipinski definition) is 3. The highest BCUT2D eigenvalue weighted by Crippen LogP contribution is 2.15. The van der Waals surface area contributed by atoms with Gasteiger partial charge < -0.3 is 15.8 Å². The third-order valence-corrected chi connectivity index (χ3v) is 2.40. The molecule has 1 amide bonds. The van der Waals surface area contributed by atoms with Crippen LogP contribution in [0.15, 0.2) is 24.3 Å². The van der Waals surface area contributed by atoms with Crippen LogP contribution >= 0.6 is 11.6 Å².